The highest BCUT2D eigenvalue weighted by atomic mass is 35.5. The first-order valence-electron chi connectivity index (χ1n) is 8.92. The number of hydrogen-bond acceptors (Lipinski definition) is 6. The molecule has 0 spiro atoms. The highest BCUT2D eigenvalue weighted by Crippen LogP contribution is 2.31. The summed E-state index contributed by atoms with van der Waals surface area (Å²) in [6.07, 6.45) is 2.06. The number of rotatable bonds is 7. The molecule has 0 bridgehead atoms. The number of nitrogens with one attached hydrogen (secondary N) is 2. The molecule has 3 aromatic rings. The summed E-state index contributed by atoms with van der Waals surface area (Å²) in [5.41, 5.74) is 2.69. The third-order valence-corrected chi connectivity index (χ3v) is 6.91. The van der Waals surface area contributed by atoms with Crippen LogP contribution in [0, 0.1) is 0 Å². The van der Waals surface area contributed by atoms with Gasteiger partial charge in [0.2, 0.25) is 0 Å². The minimum absolute atomic E-state index is 0.0630. The van der Waals surface area contributed by atoms with E-state index >= 15 is 0 Å². The maximum atomic E-state index is 12.2. The molecule has 0 radical (unpaired) electrons. The van der Waals surface area contributed by atoms with Gasteiger partial charge >= 0.3 is 0 Å². The van der Waals surface area contributed by atoms with Gasteiger partial charge in [0.1, 0.15) is 0 Å². The molecular formula is C21H21ClN2O4S2. The molecule has 9 heteroatoms. The van der Waals surface area contributed by atoms with Crippen molar-refractivity contribution in [2.45, 2.75) is 16.3 Å². The van der Waals surface area contributed by atoms with E-state index in [4.69, 9.17) is 11.6 Å². The molecule has 30 heavy (non-hydrogen) atoms. The Morgan fingerprint density at radius 2 is 1.47 bits per heavy atom. The Bertz CT molecular complexity index is 1280. The van der Waals surface area contributed by atoms with Crippen molar-refractivity contribution < 1.29 is 16.8 Å². The molecule has 0 saturated carbocycles. The molecule has 0 saturated heterocycles. The van der Waals surface area contributed by atoms with Gasteiger partial charge in [-0.3, -0.25) is 0 Å². The molecular weight excluding hydrogens is 444 g/mol. The summed E-state index contributed by atoms with van der Waals surface area (Å²) in [6.45, 7) is 0.610. The minimum Gasteiger partial charge on any atom is -0.380 e. The first-order valence-corrected chi connectivity index (χ1v) is 13.1. The van der Waals surface area contributed by atoms with Crippen molar-refractivity contribution in [3.05, 3.63) is 77.3 Å². The summed E-state index contributed by atoms with van der Waals surface area (Å²) < 4.78 is 48.0. The number of halogens is 1. The van der Waals surface area contributed by atoms with E-state index in [9.17, 15) is 16.8 Å². The van der Waals surface area contributed by atoms with Crippen LogP contribution >= 0.6 is 11.6 Å². The molecule has 3 aromatic carbocycles. The highest BCUT2D eigenvalue weighted by Gasteiger charge is 2.18. The second-order valence-corrected chi connectivity index (χ2v) is 11.3. The van der Waals surface area contributed by atoms with E-state index < -0.39 is 19.7 Å². The van der Waals surface area contributed by atoms with E-state index in [0.717, 1.165) is 29.8 Å². The van der Waals surface area contributed by atoms with Crippen LogP contribution in [0.15, 0.2) is 76.5 Å². The normalized spacial score (nSPS) is 11.8. The Hall–Kier alpha value is -2.55. The van der Waals surface area contributed by atoms with Crippen molar-refractivity contribution in [3.8, 4) is 0 Å². The zero-order chi connectivity index (χ0) is 21.9. The summed E-state index contributed by atoms with van der Waals surface area (Å²) in [5, 5.41) is 6.73. The standard InChI is InChI=1S/C21H21ClN2O4S2/c1-29(25,26)17-9-11-20(21(13-17)30(2,27)28)24-16-8-10-19(18(22)12-16)23-14-15-6-4-3-5-7-15/h3-13,23-24H,14H2,1-2H3. The van der Waals surface area contributed by atoms with E-state index in [1.54, 1.807) is 18.2 Å². The van der Waals surface area contributed by atoms with Crippen molar-refractivity contribution in [2.24, 2.45) is 0 Å². The van der Waals surface area contributed by atoms with Gasteiger partial charge < -0.3 is 10.6 Å². The van der Waals surface area contributed by atoms with Crippen LogP contribution in [0.4, 0.5) is 17.1 Å². The number of benzene rings is 3. The van der Waals surface area contributed by atoms with Crippen LogP contribution in [0.3, 0.4) is 0 Å². The summed E-state index contributed by atoms with van der Waals surface area (Å²) in [7, 11) is -7.20. The second-order valence-electron chi connectivity index (χ2n) is 6.86. The van der Waals surface area contributed by atoms with Gasteiger partial charge in [-0.25, -0.2) is 16.8 Å². The molecule has 158 valence electrons. The van der Waals surface area contributed by atoms with Crippen LogP contribution in [0.5, 0.6) is 0 Å². The molecule has 0 aliphatic heterocycles. The van der Waals surface area contributed by atoms with E-state index in [0.29, 0.717) is 17.3 Å². The Morgan fingerprint density at radius 3 is 2.07 bits per heavy atom. The molecule has 0 aliphatic carbocycles. The minimum atomic E-state index is -3.67. The van der Waals surface area contributed by atoms with Crippen molar-refractivity contribution >= 4 is 48.3 Å². The van der Waals surface area contributed by atoms with E-state index in [-0.39, 0.29) is 15.5 Å². The molecule has 0 aliphatic rings. The van der Waals surface area contributed by atoms with Crippen LogP contribution in [0.2, 0.25) is 5.02 Å². The average Bonchev–Trinajstić information content (AvgIpc) is 2.67. The van der Waals surface area contributed by atoms with Crippen molar-refractivity contribution in [2.75, 3.05) is 23.1 Å². The molecule has 0 atom stereocenters. The maximum absolute atomic E-state index is 12.2. The van der Waals surface area contributed by atoms with Gasteiger partial charge in [-0.1, -0.05) is 41.9 Å². The van der Waals surface area contributed by atoms with Gasteiger partial charge in [-0.05, 0) is 42.0 Å². The Kier molecular flexibility index (Phi) is 6.40. The lowest BCUT2D eigenvalue weighted by atomic mass is 10.2. The summed E-state index contributed by atoms with van der Waals surface area (Å²) in [5.74, 6) is 0. The molecule has 2 N–H and O–H groups in total. The quantitative estimate of drug-likeness (QED) is 0.534. The molecule has 0 fully saturated rings. The molecule has 0 amide bonds. The van der Waals surface area contributed by atoms with Crippen molar-refractivity contribution in [3.63, 3.8) is 0 Å². The van der Waals surface area contributed by atoms with Gasteiger partial charge in [0.25, 0.3) is 0 Å². The zero-order valence-corrected chi connectivity index (χ0v) is 18.8. The Balaban J connectivity index is 1.85. The smallest absolute Gasteiger partial charge is 0.177 e. The summed E-state index contributed by atoms with van der Waals surface area (Å²) in [4.78, 5) is -0.167. The SMILES string of the molecule is CS(=O)(=O)c1ccc(Nc2ccc(NCc3ccccc3)c(Cl)c2)c(S(C)(=O)=O)c1. The predicted molar refractivity (Wildman–Crippen MR) is 121 cm³/mol. The highest BCUT2D eigenvalue weighted by molar-refractivity contribution is 7.91. The third kappa shape index (κ3) is 5.53. The van der Waals surface area contributed by atoms with Crippen LogP contribution in [0.25, 0.3) is 0 Å². The average molecular weight is 465 g/mol. The lowest BCUT2D eigenvalue weighted by Crippen LogP contribution is -2.06. The Labute approximate surface area is 181 Å². The molecule has 6 nitrogen and oxygen atoms in total. The predicted octanol–water partition coefficient (Wildman–Crippen LogP) is 4.50. The van der Waals surface area contributed by atoms with Crippen LogP contribution in [0.1, 0.15) is 5.56 Å². The van der Waals surface area contributed by atoms with Gasteiger partial charge in [0.15, 0.2) is 19.7 Å². The van der Waals surface area contributed by atoms with Crippen LogP contribution in [-0.4, -0.2) is 29.3 Å². The van der Waals surface area contributed by atoms with Crippen LogP contribution < -0.4 is 10.6 Å². The van der Waals surface area contributed by atoms with E-state index in [1.807, 2.05) is 30.3 Å². The zero-order valence-electron chi connectivity index (χ0n) is 16.4. The topological polar surface area (TPSA) is 92.3 Å². The monoisotopic (exact) mass is 464 g/mol. The van der Waals surface area contributed by atoms with Gasteiger partial charge in [-0.15, -0.1) is 0 Å². The molecule has 0 aromatic heterocycles. The van der Waals surface area contributed by atoms with E-state index in [1.165, 1.54) is 12.1 Å². The lowest BCUT2D eigenvalue weighted by Gasteiger charge is -2.14. The first kappa shape index (κ1) is 22.1. The van der Waals surface area contributed by atoms with Crippen molar-refractivity contribution in [1.82, 2.24) is 0 Å². The third-order valence-electron chi connectivity index (χ3n) is 4.35. The molecule has 3 rings (SSSR count). The number of hydrogen-bond donors (Lipinski definition) is 2. The maximum Gasteiger partial charge on any atom is 0.177 e. The lowest BCUT2D eigenvalue weighted by molar-refractivity contribution is 0.600. The van der Waals surface area contributed by atoms with Crippen molar-refractivity contribution in [1.29, 1.82) is 0 Å². The second kappa shape index (κ2) is 8.67. The fraction of sp³-hybridized carbons (Fsp3) is 0.143. The summed E-state index contributed by atoms with van der Waals surface area (Å²) in [6, 6.07) is 19.0. The van der Waals surface area contributed by atoms with Gasteiger partial charge in [-0.2, -0.15) is 0 Å². The fourth-order valence-corrected chi connectivity index (χ4v) is 4.66. The number of anilines is 3. The molecule has 0 unspecified atom stereocenters. The number of sulfone groups is 2. The Morgan fingerprint density at radius 1 is 0.800 bits per heavy atom. The van der Waals surface area contributed by atoms with E-state index in [2.05, 4.69) is 10.6 Å². The summed E-state index contributed by atoms with van der Waals surface area (Å²) >= 11 is 6.38. The largest absolute Gasteiger partial charge is 0.380 e. The van der Waals surface area contributed by atoms with Gasteiger partial charge in [0.05, 0.1) is 26.2 Å². The van der Waals surface area contributed by atoms with Gasteiger partial charge in [0, 0.05) is 24.7 Å². The molecule has 0 heterocycles. The van der Waals surface area contributed by atoms with Crippen LogP contribution in [-0.2, 0) is 26.2 Å². The first-order chi connectivity index (χ1) is 14.0. The fourth-order valence-electron chi connectivity index (χ4n) is 2.83.